The number of hydrogen-bond acceptors (Lipinski definition) is 2. The molecule has 1 N–H and O–H groups in total. The zero-order valence-corrected chi connectivity index (χ0v) is 6.64. The predicted octanol–water partition coefficient (Wildman–Crippen LogP) is 0.506. The van der Waals surface area contributed by atoms with Crippen molar-refractivity contribution in [3.8, 4) is 0 Å². The van der Waals surface area contributed by atoms with Gasteiger partial charge in [0.05, 0.1) is 0 Å². The predicted molar refractivity (Wildman–Crippen MR) is 42.0 cm³/mol. The first-order chi connectivity index (χ1) is 5.33. The van der Waals surface area contributed by atoms with Crippen LogP contribution in [-0.4, -0.2) is 25.2 Å². The summed E-state index contributed by atoms with van der Waals surface area (Å²) in [6, 6.07) is 0.436. The van der Waals surface area contributed by atoms with Crippen molar-refractivity contribution < 1.29 is 9.53 Å². The Morgan fingerprint density at radius 3 is 2.91 bits per heavy atom. The molecule has 1 amide bonds. The van der Waals surface area contributed by atoms with Gasteiger partial charge in [0.2, 0.25) is 5.91 Å². The van der Waals surface area contributed by atoms with E-state index in [2.05, 4.69) is 12.2 Å². The minimum atomic E-state index is 0.000880. The van der Waals surface area contributed by atoms with Crippen molar-refractivity contribution in [1.29, 1.82) is 0 Å². The highest BCUT2D eigenvalue weighted by Gasteiger charge is 2.22. The molecule has 0 spiro atoms. The Bertz CT molecular complexity index is 132. The summed E-state index contributed by atoms with van der Waals surface area (Å²) in [5.74, 6) is 0.000880. The quantitative estimate of drug-likeness (QED) is 0.589. The largest absolute Gasteiger partial charge is 0.372 e. The molecule has 0 bridgehead atoms. The first-order valence-corrected chi connectivity index (χ1v) is 3.99. The Kier molecular flexibility index (Phi) is 3.36. The molecule has 63 valence electrons. The normalized spacial score (nSPS) is 16.5. The molecular formula is C8H14NO2. The standard InChI is InChI=1S/C8H14NO2/c1-2-5-11-6-8(10)9-7-3-4-7/h7H,1-6H2,(H,9,10). The number of nitrogens with one attached hydrogen (secondary N) is 1. The Labute approximate surface area is 67.1 Å². The van der Waals surface area contributed by atoms with E-state index in [0.717, 1.165) is 19.3 Å². The number of ether oxygens (including phenoxy) is 1. The number of amides is 1. The summed E-state index contributed by atoms with van der Waals surface area (Å²) < 4.78 is 5.00. The number of carbonyl (C=O) groups excluding carboxylic acids is 1. The molecule has 0 saturated heterocycles. The first-order valence-electron chi connectivity index (χ1n) is 3.99. The van der Waals surface area contributed by atoms with Gasteiger partial charge in [0, 0.05) is 12.6 Å². The van der Waals surface area contributed by atoms with Crippen molar-refractivity contribution in [2.45, 2.75) is 25.3 Å². The summed E-state index contributed by atoms with van der Waals surface area (Å²) in [4.78, 5) is 10.9. The highest BCUT2D eigenvalue weighted by atomic mass is 16.5. The summed E-state index contributed by atoms with van der Waals surface area (Å²) in [7, 11) is 0. The Morgan fingerprint density at radius 2 is 2.36 bits per heavy atom. The van der Waals surface area contributed by atoms with E-state index in [4.69, 9.17) is 4.74 Å². The second-order valence-corrected chi connectivity index (χ2v) is 2.75. The average Bonchev–Trinajstić information content (AvgIpc) is 2.72. The van der Waals surface area contributed by atoms with Crippen LogP contribution in [0.2, 0.25) is 0 Å². The molecule has 0 aromatic rings. The van der Waals surface area contributed by atoms with E-state index >= 15 is 0 Å². The average molecular weight is 156 g/mol. The van der Waals surface area contributed by atoms with Gasteiger partial charge in [-0.15, -0.1) is 0 Å². The van der Waals surface area contributed by atoms with Crippen LogP contribution >= 0.6 is 0 Å². The minimum absolute atomic E-state index is 0.000880. The van der Waals surface area contributed by atoms with Crippen LogP contribution in [0.25, 0.3) is 0 Å². The van der Waals surface area contributed by atoms with E-state index in [1.807, 2.05) is 0 Å². The lowest BCUT2D eigenvalue weighted by Crippen LogP contribution is -2.29. The van der Waals surface area contributed by atoms with Gasteiger partial charge in [-0.25, -0.2) is 0 Å². The van der Waals surface area contributed by atoms with Gasteiger partial charge in [-0.05, 0) is 19.3 Å². The third-order valence-electron chi connectivity index (χ3n) is 1.46. The van der Waals surface area contributed by atoms with Crippen LogP contribution < -0.4 is 5.32 Å². The molecule has 1 aliphatic rings. The molecule has 11 heavy (non-hydrogen) atoms. The van der Waals surface area contributed by atoms with Gasteiger partial charge in [0.1, 0.15) is 6.61 Å². The molecule has 1 aliphatic carbocycles. The summed E-state index contributed by atoms with van der Waals surface area (Å²) in [6.07, 6.45) is 2.97. The molecule has 0 heterocycles. The summed E-state index contributed by atoms with van der Waals surface area (Å²) >= 11 is 0. The zero-order valence-electron chi connectivity index (χ0n) is 6.64. The lowest BCUT2D eigenvalue weighted by Gasteiger charge is -2.02. The fourth-order valence-corrected chi connectivity index (χ4v) is 0.764. The van der Waals surface area contributed by atoms with Gasteiger partial charge in [-0.3, -0.25) is 4.79 Å². The van der Waals surface area contributed by atoms with Crippen molar-refractivity contribution in [1.82, 2.24) is 5.32 Å². The van der Waals surface area contributed by atoms with Gasteiger partial charge in [0.15, 0.2) is 0 Å². The lowest BCUT2D eigenvalue weighted by molar-refractivity contribution is -0.125. The maximum absolute atomic E-state index is 10.9. The van der Waals surface area contributed by atoms with E-state index in [0.29, 0.717) is 12.6 Å². The Hall–Kier alpha value is -0.570. The number of hydrogen-bond donors (Lipinski definition) is 1. The summed E-state index contributed by atoms with van der Waals surface area (Å²) in [6.45, 7) is 4.35. The van der Waals surface area contributed by atoms with Crippen molar-refractivity contribution in [2.75, 3.05) is 13.2 Å². The van der Waals surface area contributed by atoms with Crippen molar-refractivity contribution in [3.63, 3.8) is 0 Å². The second-order valence-electron chi connectivity index (χ2n) is 2.75. The molecule has 3 nitrogen and oxygen atoms in total. The molecule has 0 aliphatic heterocycles. The molecule has 3 heteroatoms. The number of carbonyl (C=O) groups is 1. The van der Waals surface area contributed by atoms with Gasteiger partial charge in [-0.1, -0.05) is 6.92 Å². The fraction of sp³-hybridized carbons (Fsp3) is 0.750. The van der Waals surface area contributed by atoms with E-state index in [9.17, 15) is 4.79 Å². The Morgan fingerprint density at radius 1 is 1.64 bits per heavy atom. The monoisotopic (exact) mass is 156 g/mol. The van der Waals surface area contributed by atoms with E-state index in [1.165, 1.54) is 0 Å². The first kappa shape index (κ1) is 8.53. The van der Waals surface area contributed by atoms with E-state index in [1.54, 1.807) is 0 Å². The third-order valence-corrected chi connectivity index (χ3v) is 1.46. The smallest absolute Gasteiger partial charge is 0.246 e. The van der Waals surface area contributed by atoms with Crippen LogP contribution in [0.1, 0.15) is 19.3 Å². The second kappa shape index (κ2) is 4.34. The summed E-state index contributed by atoms with van der Waals surface area (Å²) in [5, 5.41) is 2.83. The molecule has 0 aromatic heterocycles. The van der Waals surface area contributed by atoms with Crippen molar-refractivity contribution in [3.05, 3.63) is 6.92 Å². The molecule has 0 atom stereocenters. The van der Waals surface area contributed by atoms with Crippen LogP contribution in [0.15, 0.2) is 0 Å². The van der Waals surface area contributed by atoms with Crippen LogP contribution in [0.5, 0.6) is 0 Å². The lowest BCUT2D eigenvalue weighted by atomic mass is 10.5. The van der Waals surface area contributed by atoms with Gasteiger partial charge < -0.3 is 10.1 Å². The van der Waals surface area contributed by atoms with Crippen LogP contribution in [0.3, 0.4) is 0 Å². The molecule has 1 fully saturated rings. The SMILES string of the molecule is [CH2]CCOCC(=O)NC1CC1. The maximum Gasteiger partial charge on any atom is 0.246 e. The van der Waals surface area contributed by atoms with Gasteiger partial charge >= 0.3 is 0 Å². The molecule has 1 radical (unpaired) electrons. The maximum atomic E-state index is 10.9. The third kappa shape index (κ3) is 3.98. The molecule has 1 rings (SSSR count). The van der Waals surface area contributed by atoms with Gasteiger partial charge in [-0.2, -0.15) is 0 Å². The summed E-state index contributed by atoms with van der Waals surface area (Å²) in [5.41, 5.74) is 0. The molecule has 0 aromatic carbocycles. The number of rotatable bonds is 5. The fourth-order valence-electron chi connectivity index (χ4n) is 0.764. The highest BCUT2D eigenvalue weighted by molar-refractivity contribution is 5.77. The van der Waals surface area contributed by atoms with Crippen LogP contribution in [0.4, 0.5) is 0 Å². The minimum Gasteiger partial charge on any atom is -0.372 e. The van der Waals surface area contributed by atoms with Crippen molar-refractivity contribution in [2.24, 2.45) is 0 Å². The van der Waals surface area contributed by atoms with Gasteiger partial charge in [0.25, 0.3) is 0 Å². The molecule has 0 unspecified atom stereocenters. The zero-order chi connectivity index (χ0) is 8.10. The Balaban J connectivity index is 1.92. The van der Waals surface area contributed by atoms with Crippen molar-refractivity contribution >= 4 is 5.91 Å². The topological polar surface area (TPSA) is 38.3 Å². The molecular weight excluding hydrogens is 142 g/mol. The van der Waals surface area contributed by atoms with E-state index < -0.39 is 0 Å². The molecule has 1 saturated carbocycles. The van der Waals surface area contributed by atoms with Crippen LogP contribution in [0, 0.1) is 6.92 Å². The van der Waals surface area contributed by atoms with E-state index in [-0.39, 0.29) is 12.5 Å². The van der Waals surface area contributed by atoms with Crippen LogP contribution in [-0.2, 0) is 9.53 Å². The highest BCUT2D eigenvalue weighted by Crippen LogP contribution is 2.18.